The van der Waals surface area contributed by atoms with Gasteiger partial charge in [0.15, 0.2) is 6.29 Å². The van der Waals surface area contributed by atoms with Crippen molar-refractivity contribution in [1.29, 1.82) is 0 Å². The van der Waals surface area contributed by atoms with E-state index in [-0.39, 0.29) is 6.42 Å². The zero-order valence-electron chi connectivity index (χ0n) is 25.7. The van der Waals surface area contributed by atoms with E-state index in [2.05, 4.69) is 31.3 Å². The summed E-state index contributed by atoms with van der Waals surface area (Å²) in [5.41, 5.74) is 0. The number of amides is 1. The molecule has 0 aliphatic carbocycles. The summed E-state index contributed by atoms with van der Waals surface area (Å²) in [7, 11) is 0. The van der Waals surface area contributed by atoms with E-state index < -0.39 is 74.2 Å². The molecule has 0 bridgehead atoms. The second-order valence-electron chi connectivity index (χ2n) is 11.5. The monoisotopic (exact) mass is 605 g/mol. The first-order chi connectivity index (χ1) is 20.2. The first-order valence-electron chi connectivity index (χ1n) is 16.1. The Hall–Kier alpha value is -1.15. The first-order valence-corrected chi connectivity index (χ1v) is 16.1. The number of unbranched alkanes of at least 4 members (excludes halogenated alkanes) is 10. The van der Waals surface area contributed by atoms with E-state index in [1.54, 1.807) is 0 Å². The van der Waals surface area contributed by atoms with Gasteiger partial charge in [0.2, 0.25) is 5.91 Å². The van der Waals surface area contributed by atoms with Crippen molar-refractivity contribution >= 4 is 5.91 Å². The van der Waals surface area contributed by atoms with Gasteiger partial charge in [0, 0.05) is 0 Å². The molecule has 0 saturated carbocycles. The van der Waals surface area contributed by atoms with Crippen LogP contribution in [0.2, 0.25) is 0 Å². The number of aliphatic hydroxyl groups excluding tert-OH is 7. The quantitative estimate of drug-likeness (QED) is 0.0595. The van der Waals surface area contributed by atoms with Gasteiger partial charge in [-0.25, -0.2) is 0 Å². The number of carbonyl (C=O) groups excluding carboxylic acids is 1. The van der Waals surface area contributed by atoms with Crippen LogP contribution in [0.1, 0.15) is 110 Å². The number of allylic oxidation sites excluding steroid dienone is 2. The lowest BCUT2D eigenvalue weighted by atomic mass is 9.98. The van der Waals surface area contributed by atoms with E-state index in [1.165, 1.54) is 12.8 Å². The molecule has 1 fully saturated rings. The van der Waals surface area contributed by atoms with Gasteiger partial charge in [-0.1, -0.05) is 90.2 Å². The fourth-order valence-corrected chi connectivity index (χ4v) is 4.95. The van der Waals surface area contributed by atoms with Crippen molar-refractivity contribution in [3.05, 3.63) is 12.2 Å². The van der Waals surface area contributed by atoms with Gasteiger partial charge in [-0.3, -0.25) is 4.79 Å². The van der Waals surface area contributed by atoms with Gasteiger partial charge in [-0.15, -0.1) is 0 Å². The highest BCUT2D eigenvalue weighted by Crippen LogP contribution is 2.23. The van der Waals surface area contributed by atoms with E-state index in [9.17, 15) is 40.5 Å². The number of nitrogens with one attached hydrogen (secondary N) is 1. The minimum absolute atomic E-state index is 0.238. The van der Waals surface area contributed by atoms with Crippen LogP contribution in [-0.4, -0.2) is 110 Å². The van der Waals surface area contributed by atoms with Crippen molar-refractivity contribution in [3.63, 3.8) is 0 Å². The first kappa shape index (κ1) is 38.9. The normalized spacial score (nSPS) is 25.8. The number of hydrogen-bond donors (Lipinski definition) is 8. The Labute approximate surface area is 251 Å². The fraction of sp³-hybridized carbons (Fsp3) is 0.903. The van der Waals surface area contributed by atoms with Gasteiger partial charge in [0.05, 0.1) is 25.4 Å². The number of aliphatic hydroxyl groups is 7. The molecule has 11 nitrogen and oxygen atoms in total. The molecule has 1 aliphatic rings. The SMILES string of the molecule is CCCC/C=C\CCCCCC(O)C(=O)NC(COC1OC(CO)C(O)C(O)C1O)C(O)C(O)CCCCCCCC. The third-order valence-electron chi connectivity index (χ3n) is 7.82. The summed E-state index contributed by atoms with van der Waals surface area (Å²) in [4.78, 5) is 12.8. The van der Waals surface area contributed by atoms with Crippen molar-refractivity contribution in [2.75, 3.05) is 13.2 Å². The summed E-state index contributed by atoms with van der Waals surface area (Å²) in [5, 5.41) is 74.3. The van der Waals surface area contributed by atoms with E-state index >= 15 is 0 Å². The van der Waals surface area contributed by atoms with E-state index in [0.29, 0.717) is 19.3 Å². The van der Waals surface area contributed by atoms with Crippen LogP contribution in [0.15, 0.2) is 12.2 Å². The average molecular weight is 606 g/mol. The van der Waals surface area contributed by atoms with Crippen molar-refractivity contribution < 1.29 is 50.0 Å². The van der Waals surface area contributed by atoms with Gasteiger partial charge >= 0.3 is 0 Å². The predicted octanol–water partition coefficient (Wildman–Crippen LogP) is 1.82. The standard InChI is InChI=1S/C31H59NO10/c1-3-5-7-9-11-12-13-15-17-19-24(35)30(40)32-22(26(36)23(34)18-16-14-10-8-6-4-2)21-41-31-29(39)28(38)27(37)25(20-33)42-31/h9,11,22-29,31,33-39H,3-8,10,12-21H2,1-2H3,(H,32,40)/b11-9-. The molecule has 0 aromatic heterocycles. The molecule has 8 N–H and O–H groups in total. The van der Waals surface area contributed by atoms with Crippen LogP contribution in [0, 0.1) is 0 Å². The average Bonchev–Trinajstić information content (AvgIpc) is 2.98. The topological polar surface area (TPSA) is 189 Å². The maximum atomic E-state index is 12.8. The third kappa shape index (κ3) is 15.0. The molecular weight excluding hydrogens is 546 g/mol. The highest BCUT2D eigenvalue weighted by Gasteiger charge is 2.44. The Morgan fingerprint density at radius 2 is 1.40 bits per heavy atom. The summed E-state index contributed by atoms with van der Waals surface area (Å²) in [6, 6.07) is -1.16. The maximum absolute atomic E-state index is 12.8. The molecule has 11 heteroatoms. The molecule has 0 aromatic carbocycles. The van der Waals surface area contributed by atoms with E-state index in [4.69, 9.17) is 9.47 Å². The summed E-state index contributed by atoms with van der Waals surface area (Å²) in [5.74, 6) is -0.720. The molecule has 1 amide bonds. The molecule has 0 spiro atoms. The lowest BCUT2D eigenvalue weighted by Gasteiger charge is -2.40. The largest absolute Gasteiger partial charge is 0.394 e. The molecular formula is C31H59NO10. The molecule has 0 aromatic rings. The smallest absolute Gasteiger partial charge is 0.249 e. The van der Waals surface area contributed by atoms with Crippen LogP contribution in [0.5, 0.6) is 0 Å². The Balaban J connectivity index is 2.69. The van der Waals surface area contributed by atoms with E-state index in [1.807, 2.05) is 0 Å². The molecule has 9 unspecified atom stereocenters. The van der Waals surface area contributed by atoms with Crippen LogP contribution >= 0.6 is 0 Å². The number of ether oxygens (including phenoxy) is 2. The van der Waals surface area contributed by atoms with Gasteiger partial charge in [-0.05, 0) is 32.1 Å². The summed E-state index contributed by atoms with van der Waals surface area (Å²) < 4.78 is 10.9. The minimum atomic E-state index is -1.66. The van der Waals surface area contributed by atoms with Crippen molar-refractivity contribution in [2.45, 2.75) is 165 Å². The van der Waals surface area contributed by atoms with Crippen LogP contribution in [0.3, 0.4) is 0 Å². The Morgan fingerprint density at radius 1 is 0.810 bits per heavy atom. The molecule has 1 rings (SSSR count). The Bertz CT molecular complexity index is 709. The number of hydrogen-bond acceptors (Lipinski definition) is 10. The Morgan fingerprint density at radius 3 is 2.07 bits per heavy atom. The van der Waals surface area contributed by atoms with Crippen molar-refractivity contribution in [2.24, 2.45) is 0 Å². The molecule has 42 heavy (non-hydrogen) atoms. The number of carbonyl (C=O) groups is 1. The number of rotatable bonds is 24. The lowest BCUT2D eigenvalue weighted by Crippen LogP contribution is -2.60. The van der Waals surface area contributed by atoms with Gasteiger partial charge in [-0.2, -0.15) is 0 Å². The molecule has 0 radical (unpaired) electrons. The third-order valence-corrected chi connectivity index (χ3v) is 7.82. The van der Waals surface area contributed by atoms with Crippen molar-refractivity contribution in [3.8, 4) is 0 Å². The summed E-state index contributed by atoms with van der Waals surface area (Å²) >= 11 is 0. The molecule has 1 aliphatic heterocycles. The molecule has 1 saturated heterocycles. The Kier molecular flexibility index (Phi) is 21.5. The van der Waals surface area contributed by atoms with Crippen LogP contribution in [0.4, 0.5) is 0 Å². The zero-order valence-corrected chi connectivity index (χ0v) is 25.7. The maximum Gasteiger partial charge on any atom is 0.249 e. The van der Waals surface area contributed by atoms with Crippen LogP contribution in [-0.2, 0) is 14.3 Å². The van der Waals surface area contributed by atoms with Crippen LogP contribution in [0.25, 0.3) is 0 Å². The lowest BCUT2D eigenvalue weighted by molar-refractivity contribution is -0.303. The van der Waals surface area contributed by atoms with Gasteiger partial charge in [0.25, 0.3) is 0 Å². The summed E-state index contributed by atoms with van der Waals surface area (Å²) in [6.45, 7) is 3.22. The predicted molar refractivity (Wildman–Crippen MR) is 159 cm³/mol. The second kappa shape index (κ2) is 23.3. The van der Waals surface area contributed by atoms with Gasteiger partial charge in [0.1, 0.15) is 36.6 Å². The fourth-order valence-electron chi connectivity index (χ4n) is 4.95. The molecule has 1 heterocycles. The van der Waals surface area contributed by atoms with Crippen LogP contribution < -0.4 is 5.32 Å². The molecule has 9 atom stereocenters. The van der Waals surface area contributed by atoms with Gasteiger partial charge < -0.3 is 50.5 Å². The summed E-state index contributed by atoms with van der Waals surface area (Å²) in [6.07, 6.45) is 6.25. The molecule has 248 valence electrons. The van der Waals surface area contributed by atoms with Crippen molar-refractivity contribution in [1.82, 2.24) is 5.32 Å². The van der Waals surface area contributed by atoms with E-state index in [0.717, 1.165) is 57.8 Å². The minimum Gasteiger partial charge on any atom is -0.394 e. The zero-order chi connectivity index (χ0) is 31.3. The highest BCUT2D eigenvalue weighted by molar-refractivity contribution is 5.80. The second-order valence-corrected chi connectivity index (χ2v) is 11.5. The highest BCUT2D eigenvalue weighted by atomic mass is 16.7.